The van der Waals surface area contributed by atoms with E-state index in [1.807, 2.05) is 38.1 Å². The van der Waals surface area contributed by atoms with Crippen LogP contribution in [0, 0.1) is 5.92 Å². The lowest BCUT2D eigenvalue weighted by atomic mass is 9.96. The van der Waals surface area contributed by atoms with Crippen molar-refractivity contribution >= 4 is 11.6 Å². The van der Waals surface area contributed by atoms with Crippen molar-refractivity contribution in [3.05, 3.63) is 59.7 Å². The zero-order valence-corrected chi connectivity index (χ0v) is 16.8. The van der Waals surface area contributed by atoms with Gasteiger partial charge in [0.05, 0.1) is 12.5 Å². The van der Waals surface area contributed by atoms with Crippen LogP contribution in [0.4, 0.5) is 5.69 Å². The van der Waals surface area contributed by atoms with Crippen LogP contribution in [0.15, 0.2) is 48.5 Å². The van der Waals surface area contributed by atoms with Crippen molar-refractivity contribution < 1.29 is 14.3 Å². The summed E-state index contributed by atoms with van der Waals surface area (Å²) in [6, 6.07) is 15.8. The van der Waals surface area contributed by atoms with Crippen LogP contribution in [-0.2, 0) is 16.0 Å². The van der Waals surface area contributed by atoms with Gasteiger partial charge in [0.15, 0.2) is 0 Å². The van der Waals surface area contributed by atoms with Crippen molar-refractivity contribution in [2.45, 2.75) is 40.0 Å². The monoisotopic (exact) mass is 369 g/mol. The Hall–Kier alpha value is -2.33. The van der Waals surface area contributed by atoms with E-state index < -0.39 is 0 Å². The van der Waals surface area contributed by atoms with E-state index in [1.54, 1.807) is 0 Å². The first-order valence-corrected chi connectivity index (χ1v) is 9.70. The lowest BCUT2D eigenvalue weighted by molar-refractivity contribution is -0.117. The quantitative estimate of drug-likeness (QED) is 0.597. The van der Waals surface area contributed by atoms with Crippen LogP contribution in [0.3, 0.4) is 0 Å². The normalized spacial score (nSPS) is 12.0. The Morgan fingerprint density at radius 2 is 1.63 bits per heavy atom. The Morgan fingerprint density at radius 1 is 0.963 bits per heavy atom. The third-order valence-electron chi connectivity index (χ3n) is 4.34. The second-order valence-electron chi connectivity index (χ2n) is 7.12. The zero-order valence-electron chi connectivity index (χ0n) is 16.8. The van der Waals surface area contributed by atoms with E-state index in [1.165, 1.54) is 5.56 Å². The van der Waals surface area contributed by atoms with Crippen LogP contribution >= 0.6 is 0 Å². The molecule has 0 aliphatic rings. The van der Waals surface area contributed by atoms with E-state index in [9.17, 15) is 4.79 Å². The summed E-state index contributed by atoms with van der Waals surface area (Å²) in [6.45, 7) is 10.1. The molecule has 1 unspecified atom stereocenters. The first-order chi connectivity index (χ1) is 13.0. The van der Waals surface area contributed by atoms with Crippen LogP contribution < -0.4 is 10.1 Å². The first-order valence-electron chi connectivity index (χ1n) is 9.70. The van der Waals surface area contributed by atoms with Crippen LogP contribution in [-0.4, -0.2) is 25.7 Å². The van der Waals surface area contributed by atoms with Crippen molar-refractivity contribution in [2.75, 3.05) is 25.1 Å². The maximum atomic E-state index is 12.5. The number of rotatable bonds is 10. The summed E-state index contributed by atoms with van der Waals surface area (Å²) in [7, 11) is 0. The predicted octanol–water partition coefficient (Wildman–Crippen LogP) is 5.04. The van der Waals surface area contributed by atoms with Crippen molar-refractivity contribution in [1.29, 1.82) is 0 Å². The van der Waals surface area contributed by atoms with Gasteiger partial charge < -0.3 is 14.8 Å². The highest BCUT2D eigenvalue weighted by atomic mass is 16.5. The van der Waals surface area contributed by atoms with E-state index in [0.717, 1.165) is 23.4 Å². The fourth-order valence-corrected chi connectivity index (χ4v) is 2.81. The van der Waals surface area contributed by atoms with Gasteiger partial charge in [0.25, 0.3) is 0 Å². The number of nitrogens with one attached hydrogen (secondary N) is 1. The number of ether oxygens (including phenoxy) is 2. The van der Waals surface area contributed by atoms with Gasteiger partial charge in [-0.2, -0.15) is 0 Å². The van der Waals surface area contributed by atoms with Crippen LogP contribution in [0.5, 0.6) is 5.75 Å². The maximum absolute atomic E-state index is 12.5. The summed E-state index contributed by atoms with van der Waals surface area (Å²) in [4.78, 5) is 12.5. The molecule has 1 N–H and O–H groups in total. The Kier molecular flexibility index (Phi) is 8.34. The molecular weight excluding hydrogens is 338 g/mol. The SMILES string of the molecule is CCOCCOc1ccc(NC(=O)C(C)c2ccc(CC(C)C)cc2)cc1. The van der Waals surface area contributed by atoms with E-state index in [4.69, 9.17) is 9.47 Å². The molecule has 0 radical (unpaired) electrons. The lowest BCUT2D eigenvalue weighted by Gasteiger charge is -2.14. The molecule has 1 amide bonds. The molecule has 0 fully saturated rings. The van der Waals surface area contributed by atoms with E-state index in [-0.39, 0.29) is 11.8 Å². The molecule has 0 heterocycles. The highest BCUT2D eigenvalue weighted by Crippen LogP contribution is 2.21. The predicted molar refractivity (Wildman–Crippen MR) is 110 cm³/mol. The molecule has 0 aliphatic carbocycles. The molecule has 0 aromatic heterocycles. The smallest absolute Gasteiger partial charge is 0.231 e. The Balaban J connectivity index is 1.88. The fraction of sp³-hybridized carbons (Fsp3) is 0.435. The molecule has 4 nitrogen and oxygen atoms in total. The number of carbonyl (C=O) groups excluding carboxylic acids is 1. The zero-order chi connectivity index (χ0) is 19.6. The average molecular weight is 370 g/mol. The minimum absolute atomic E-state index is 0.0170. The fourth-order valence-electron chi connectivity index (χ4n) is 2.81. The number of amides is 1. The second kappa shape index (κ2) is 10.7. The third-order valence-corrected chi connectivity index (χ3v) is 4.34. The summed E-state index contributed by atoms with van der Waals surface area (Å²) in [6.07, 6.45) is 1.06. The van der Waals surface area contributed by atoms with Crippen molar-refractivity contribution in [3.63, 3.8) is 0 Å². The highest BCUT2D eigenvalue weighted by Gasteiger charge is 2.15. The maximum Gasteiger partial charge on any atom is 0.231 e. The molecule has 0 bridgehead atoms. The Bertz CT molecular complexity index is 693. The molecule has 0 saturated heterocycles. The number of carbonyl (C=O) groups is 1. The molecule has 0 saturated carbocycles. The molecule has 2 aromatic carbocycles. The third kappa shape index (κ3) is 7.06. The summed E-state index contributed by atoms with van der Waals surface area (Å²) in [5.74, 6) is 1.17. The summed E-state index contributed by atoms with van der Waals surface area (Å²) in [5, 5.41) is 2.97. The molecule has 27 heavy (non-hydrogen) atoms. The number of anilines is 1. The molecule has 4 heteroatoms. The first kappa shape index (κ1) is 21.0. The number of benzene rings is 2. The number of hydrogen-bond donors (Lipinski definition) is 1. The van der Waals surface area contributed by atoms with E-state index >= 15 is 0 Å². The topological polar surface area (TPSA) is 47.6 Å². The largest absolute Gasteiger partial charge is 0.491 e. The van der Waals surface area contributed by atoms with Gasteiger partial charge in [-0.05, 0) is 61.6 Å². The van der Waals surface area contributed by atoms with Crippen LogP contribution in [0.1, 0.15) is 44.7 Å². The van der Waals surface area contributed by atoms with Gasteiger partial charge in [-0.3, -0.25) is 4.79 Å². The van der Waals surface area contributed by atoms with E-state index in [2.05, 4.69) is 43.4 Å². The standard InChI is InChI=1S/C23H31NO3/c1-5-26-14-15-27-22-12-10-21(11-13-22)24-23(25)18(4)20-8-6-19(7-9-20)16-17(2)3/h6-13,17-18H,5,14-16H2,1-4H3,(H,24,25). The molecule has 2 rings (SSSR count). The van der Waals surface area contributed by atoms with Gasteiger partial charge in [0, 0.05) is 12.3 Å². The number of hydrogen-bond acceptors (Lipinski definition) is 3. The second-order valence-corrected chi connectivity index (χ2v) is 7.12. The average Bonchev–Trinajstić information content (AvgIpc) is 2.66. The van der Waals surface area contributed by atoms with Gasteiger partial charge >= 0.3 is 0 Å². The van der Waals surface area contributed by atoms with Gasteiger partial charge in [-0.15, -0.1) is 0 Å². The highest BCUT2D eigenvalue weighted by molar-refractivity contribution is 5.95. The van der Waals surface area contributed by atoms with Crippen molar-refractivity contribution in [3.8, 4) is 5.75 Å². The summed E-state index contributed by atoms with van der Waals surface area (Å²) >= 11 is 0. The minimum atomic E-state index is -0.208. The minimum Gasteiger partial charge on any atom is -0.491 e. The van der Waals surface area contributed by atoms with Gasteiger partial charge in [-0.25, -0.2) is 0 Å². The molecular formula is C23H31NO3. The van der Waals surface area contributed by atoms with Crippen LogP contribution in [0.2, 0.25) is 0 Å². The van der Waals surface area contributed by atoms with Crippen LogP contribution in [0.25, 0.3) is 0 Å². The van der Waals surface area contributed by atoms with Gasteiger partial charge in [-0.1, -0.05) is 38.1 Å². The van der Waals surface area contributed by atoms with Crippen molar-refractivity contribution in [1.82, 2.24) is 0 Å². The summed E-state index contributed by atoms with van der Waals surface area (Å²) in [5.41, 5.74) is 3.10. The Morgan fingerprint density at radius 3 is 2.22 bits per heavy atom. The molecule has 2 aromatic rings. The summed E-state index contributed by atoms with van der Waals surface area (Å²) < 4.78 is 10.8. The molecule has 146 valence electrons. The molecule has 0 aliphatic heterocycles. The molecule has 1 atom stereocenters. The molecule has 0 spiro atoms. The van der Waals surface area contributed by atoms with Gasteiger partial charge in [0.2, 0.25) is 5.91 Å². The van der Waals surface area contributed by atoms with Gasteiger partial charge in [0.1, 0.15) is 12.4 Å². The Labute approximate surface area is 162 Å². The van der Waals surface area contributed by atoms with E-state index in [0.29, 0.717) is 25.7 Å². The van der Waals surface area contributed by atoms with Crippen molar-refractivity contribution in [2.24, 2.45) is 5.92 Å². The lowest BCUT2D eigenvalue weighted by Crippen LogP contribution is -2.18.